The van der Waals surface area contributed by atoms with E-state index in [1.165, 1.54) is 16.7 Å². The number of methoxy groups -OCH3 is 3. The van der Waals surface area contributed by atoms with Crippen LogP contribution in [0.15, 0.2) is 96.6 Å². The van der Waals surface area contributed by atoms with Gasteiger partial charge in [0.05, 0.1) is 43.9 Å². The summed E-state index contributed by atoms with van der Waals surface area (Å²) < 4.78 is 60.2. The monoisotopic (exact) mass is 938 g/mol. The van der Waals surface area contributed by atoms with Crippen LogP contribution in [0, 0.1) is 23.7 Å². The zero-order valence-electron chi connectivity index (χ0n) is 39.7. The van der Waals surface area contributed by atoms with E-state index in [9.17, 15) is 13.2 Å². The predicted molar refractivity (Wildman–Crippen MR) is 261 cm³/mol. The van der Waals surface area contributed by atoms with Crippen molar-refractivity contribution in [2.75, 3.05) is 51.7 Å². The smallest absolute Gasteiger partial charge is 0.338 e. The maximum atomic E-state index is 14.5. The standard InChI is InChI=1S/C54H67ClN2O8S/c1-8-38(33-66(59,60)57(30-36-11-18-45(61-5)19-12-36)31-37-13-20-46(62-6)21-14-37)42-26-43(27-42)51(63-7)47-22-15-41(47)32-56-34-54(25-9-10-39-28-44(55)17-23-48(39)54)35-64-50-24-16-40(29-49(50)56)52(58)65-53(2,3)4/h11-14,16-21,23-24,26,28-29,38,41-42,47,51H,8-10,15,22,25,27,30-35H2,1-7H3/t38-,41+,42+,47-,51+,54+/m1/s1. The molecule has 0 bridgehead atoms. The zero-order chi connectivity index (χ0) is 46.8. The van der Waals surface area contributed by atoms with Crippen LogP contribution in [0.5, 0.6) is 17.2 Å². The van der Waals surface area contributed by atoms with Gasteiger partial charge in [-0.1, -0.05) is 61.4 Å². The number of benzene rings is 4. The molecular formula is C54H67ClN2O8S. The van der Waals surface area contributed by atoms with Crippen LogP contribution < -0.4 is 19.1 Å². The van der Waals surface area contributed by atoms with Gasteiger partial charge in [0, 0.05) is 43.7 Å². The molecular weight excluding hydrogens is 872 g/mol. The van der Waals surface area contributed by atoms with Crippen molar-refractivity contribution < 1.29 is 36.9 Å². The molecule has 0 radical (unpaired) electrons. The molecule has 66 heavy (non-hydrogen) atoms. The highest BCUT2D eigenvalue weighted by Crippen LogP contribution is 2.49. The lowest BCUT2D eigenvalue weighted by Crippen LogP contribution is -2.50. The fourth-order valence-electron chi connectivity index (χ4n) is 10.8. The number of esters is 1. The Labute approximate surface area is 397 Å². The lowest BCUT2D eigenvalue weighted by Gasteiger charge is -2.48. The summed E-state index contributed by atoms with van der Waals surface area (Å²) in [5.74, 6) is 2.67. The summed E-state index contributed by atoms with van der Waals surface area (Å²) in [4.78, 5) is 15.9. The molecule has 8 rings (SSSR count). The number of hydrogen-bond acceptors (Lipinski definition) is 9. The Kier molecular flexibility index (Phi) is 14.5. The quantitative estimate of drug-likeness (QED) is 0.0756. The van der Waals surface area contributed by atoms with E-state index in [1.54, 1.807) is 18.5 Å². The Balaban J connectivity index is 1.01. The maximum absolute atomic E-state index is 14.5. The fourth-order valence-corrected chi connectivity index (χ4v) is 12.9. The Morgan fingerprint density at radius 3 is 2.17 bits per heavy atom. The highest BCUT2D eigenvalue weighted by atomic mass is 35.5. The number of hydrogen-bond donors (Lipinski definition) is 0. The number of halogens is 1. The molecule has 354 valence electrons. The number of aryl methyl sites for hydroxylation is 1. The van der Waals surface area contributed by atoms with Gasteiger partial charge < -0.3 is 28.6 Å². The molecule has 4 aromatic carbocycles. The molecule has 0 unspecified atom stereocenters. The van der Waals surface area contributed by atoms with Crippen molar-refractivity contribution in [1.82, 2.24) is 4.31 Å². The summed E-state index contributed by atoms with van der Waals surface area (Å²) in [6.45, 7) is 10.3. The second-order valence-electron chi connectivity index (χ2n) is 20.0. The van der Waals surface area contributed by atoms with Gasteiger partial charge in [0.15, 0.2) is 0 Å². The van der Waals surface area contributed by atoms with Gasteiger partial charge in [-0.25, -0.2) is 13.2 Å². The molecule has 1 aliphatic heterocycles. The number of carbonyl (C=O) groups is 1. The van der Waals surface area contributed by atoms with Crippen LogP contribution in [0.4, 0.5) is 5.69 Å². The predicted octanol–water partition coefficient (Wildman–Crippen LogP) is 10.8. The van der Waals surface area contributed by atoms with Gasteiger partial charge in [-0.05, 0) is 165 Å². The van der Waals surface area contributed by atoms with Crippen molar-refractivity contribution in [2.24, 2.45) is 23.7 Å². The molecule has 4 aromatic rings. The van der Waals surface area contributed by atoms with Gasteiger partial charge in [0.25, 0.3) is 0 Å². The third kappa shape index (κ3) is 10.6. The Hall–Kier alpha value is -4.55. The number of fused-ring (bicyclic) bond motifs is 3. The molecule has 0 amide bonds. The van der Waals surface area contributed by atoms with Crippen molar-refractivity contribution in [3.8, 4) is 17.2 Å². The molecule has 1 fully saturated rings. The summed E-state index contributed by atoms with van der Waals surface area (Å²) in [5, 5.41) is 0.751. The molecule has 1 saturated carbocycles. The number of nitrogens with zero attached hydrogens (tertiary/aromatic N) is 2. The van der Waals surface area contributed by atoms with E-state index < -0.39 is 15.6 Å². The van der Waals surface area contributed by atoms with Gasteiger partial charge in [-0.15, -0.1) is 0 Å². The van der Waals surface area contributed by atoms with Gasteiger partial charge >= 0.3 is 5.97 Å². The van der Waals surface area contributed by atoms with Crippen molar-refractivity contribution in [1.29, 1.82) is 0 Å². The Morgan fingerprint density at radius 2 is 1.59 bits per heavy atom. The molecule has 12 heteroatoms. The van der Waals surface area contributed by atoms with E-state index in [-0.39, 0.29) is 48.2 Å². The van der Waals surface area contributed by atoms with Crippen molar-refractivity contribution in [3.05, 3.63) is 129 Å². The van der Waals surface area contributed by atoms with Gasteiger partial charge in [-0.2, -0.15) is 4.31 Å². The molecule has 6 atom stereocenters. The summed E-state index contributed by atoms with van der Waals surface area (Å²) in [5.41, 5.74) is 6.19. The zero-order valence-corrected chi connectivity index (χ0v) is 41.3. The minimum Gasteiger partial charge on any atom is -0.497 e. The van der Waals surface area contributed by atoms with Gasteiger partial charge in [0.1, 0.15) is 22.8 Å². The summed E-state index contributed by atoms with van der Waals surface area (Å²) in [6.07, 6.45) is 8.94. The summed E-state index contributed by atoms with van der Waals surface area (Å²) >= 11 is 6.54. The first-order chi connectivity index (χ1) is 31.6. The number of anilines is 1. The highest BCUT2D eigenvalue weighted by molar-refractivity contribution is 7.89. The minimum absolute atomic E-state index is 0.0418. The molecule has 0 aromatic heterocycles. The van der Waals surface area contributed by atoms with E-state index in [0.717, 1.165) is 97.1 Å². The highest BCUT2D eigenvalue weighted by Gasteiger charge is 2.46. The topological polar surface area (TPSA) is 104 Å². The summed E-state index contributed by atoms with van der Waals surface area (Å²) in [6, 6.07) is 27.2. The normalized spacial score (nSPS) is 22.4. The molecule has 4 aliphatic rings. The van der Waals surface area contributed by atoms with Crippen LogP contribution in [-0.4, -0.2) is 77.2 Å². The fraction of sp³-hybridized carbons (Fsp3) is 0.500. The Bertz CT molecular complexity index is 2440. The van der Waals surface area contributed by atoms with Crippen molar-refractivity contribution >= 4 is 33.3 Å². The Morgan fingerprint density at radius 1 is 0.924 bits per heavy atom. The minimum atomic E-state index is -3.68. The van der Waals surface area contributed by atoms with Crippen molar-refractivity contribution in [2.45, 2.75) is 103 Å². The van der Waals surface area contributed by atoms with Gasteiger partial charge in [-0.3, -0.25) is 0 Å². The van der Waals surface area contributed by atoms with Crippen LogP contribution in [0.2, 0.25) is 5.02 Å². The molecule has 1 heterocycles. The van der Waals surface area contributed by atoms with Crippen LogP contribution in [0.3, 0.4) is 0 Å². The summed E-state index contributed by atoms with van der Waals surface area (Å²) in [7, 11) is 1.38. The number of sulfonamides is 1. The SMILES string of the molecule is CC[C@H](CS(=O)(=O)N(Cc1ccc(OC)cc1)Cc1ccc(OC)cc1)[C@H]1C=C([C@H](OC)[C@@H]2CC[C@H]2CN2C[C@@]3(CCCc4cc(Cl)ccc43)COc3ccc(C(=O)OC(C)(C)C)cc32)C1. The average Bonchev–Trinajstić information content (AvgIpc) is 3.42. The number of allylic oxidation sites excluding steroid dienone is 1. The van der Waals surface area contributed by atoms with E-state index in [0.29, 0.717) is 24.0 Å². The van der Waals surface area contributed by atoms with E-state index in [2.05, 4.69) is 30.0 Å². The third-order valence-electron chi connectivity index (χ3n) is 14.5. The van der Waals surface area contributed by atoms with Crippen LogP contribution in [0.25, 0.3) is 0 Å². The van der Waals surface area contributed by atoms with E-state index in [4.69, 9.17) is 35.3 Å². The lowest BCUT2D eigenvalue weighted by molar-refractivity contribution is -0.000497. The van der Waals surface area contributed by atoms with E-state index in [1.807, 2.05) is 101 Å². The molecule has 3 aliphatic carbocycles. The second kappa shape index (κ2) is 20.0. The number of rotatable bonds is 17. The van der Waals surface area contributed by atoms with Crippen LogP contribution >= 0.6 is 11.6 Å². The molecule has 0 saturated heterocycles. The molecule has 10 nitrogen and oxygen atoms in total. The van der Waals surface area contributed by atoms with Crippen molar-refractivity contribution in [3.63, 3.8) is 0 Å². The molecule has 1 spiro atoms. The van der Waals surface area contributed by atoms with Gasteiger partial charge in [0.2, 0.25) is 10.0 Å². The molecule has 0 N–H and O–H groups in total. The maximum Gasteiger partial charge on any atom is 0.338 e. The largest absolute Gasteiger partial charge is 0.497 e. The lowest BCUT2D eigenvalue weighted by atomic mass is 9.64. The second-order valence-corrected chi connectivity index (χ2v) is 22.4. The van der Waals surface area contributed by atoms with E-state index >= 15 is 0 Å². The van der Waals surface area contributed by atoms with Crippen LogP contribution in [0.1, 0.15) is 98.8 Å². The average molecular weight is 940 g/mol. The van der Waals surface area contributed by atoms with Crippen LogP contribution in [-0.2, 0) is 44.4 Å². The number of ether oxygens (including phenoxy) is 5. The first-order valence-corrected chi connectivity index (χ1v) is 25.6. The third-order valence-corrected chi connectivity index (χ3v) is 16.6. The number of carbonyl (C=O) groups excluding carboxylic acids is 1. The first kappa shape index (κ1) is 47.9. The first-order valence-electron chi connectivity index (χ1n) is 23.6.